The number of likely N-dealkylation sites (tertiary alicyclic amines) is 1. The second-order valence-corrected chi connectivity index (χ2v) is 8.20. The molecule has 6 nitrogen and oxygen atoms in total. The van der Waals surface area contributed by atoms with Gasteiger partial charge in [-0.1, -0.05) is 12.1 Å². The number of aromatic nitrogens is 1. The van der Waals surface area contributed by atoms with Gasteiger partial charge in [-0.25, -0.2) is 4.98 Å². The van der Waals surface area contributed by atoms with Crippen LogP contribution in [0.5, 0.6) is 0 Å². The second-order valence-electron chi connectivity index (χ2n) is 6.43. The van der Waals surface area contributed by atoms with Gasteiger partial charge >= 0.3 is 0 Å². The molecule has 0 aliphatic carbocycles. The summed E-state index contributed by atoms with van der Waals surface area (Å²) in [7, 11) is 0. The number of halogens is 2. The van der Waals surface area contributed by atoms with E-state index in [9.17, 15) is 9.59 Å². The van der Waals surface area contributed by atoms with Gasteiger partial charge in [0.2, 0.25) is 11.8 Å². The lowest BCUT2D eigenvalue weighted by Crippen LogP contribution is -2.41. The minimum Gasteiger partial charge on any atom is -0.324 e. The lowest BCUT2D eigenvalue weighted by atomic mass is 9.96. The predicted molar refractivity (Wildman–Crippen MR) is 113 cm³/mol. The Balaban J connectivity index is 1.44. The molecule has 2 N–H and O–H groups in total. The van der Waals surface area contributed by atoms with Crippen LogP contribution < -0.4 is 10.6 Å². The number of piperidine rings is 1. The molecule has 27 heavy (non-hydrogen) atoms. The molecule has 1 aromatic carbocycles. The Bertz CT molecular complexity index is 806. The van der Waals surface area contributed by atoms with Gasteiger partial charge in [-0.2, -0.15) is 0 Å². The quantitative estimate of drug-likeness (QED) is 0.659. The van der Waals surface area contributed by atoms with Crippen molar-refractivity contribution < 1.29 is 9.59 Å². The number of anilines is 2. The molecule has 0 saturated carbocycles. The summed E-state index contributed by atoms with van der Waals surface area (Å²) < 4.78 is 1.73. The molecule has 0 unspecified atom stereocenters. The van der Waals surface area contributed by atoms with Crippen LogP contribution in [0.25, 0.3) is 0 Å². The average Bonchev–Trinajstić information content (AvgIpc) is 2.66. The maximum absolute atomic E-state index is 12.4. The van der Waals surface area contributed by atoms with E-state index in [1.54, 1.807) is 12.3 Å². The minimum atomic E-state index is -0.0574. The molecule has 1 aliphatic rings. The van der Waals surface area contributed by atoms with E-state index in [0.29, 0.717) is 12.4 Å². The van der Waals surface area contributed by atoms with Crippen molar-refractivity contribution in [1.29, 1.82) is 0 Å². The van der Waals surface area contributed by atoms with Gasteiger partial charge in [0.25, 0.3) is 0 Å². The molecule has 8 heteroatoms. The van der Waals surface area contributed by atoms with Gasteiger partial charge in [0, 0.05) is 21.1 Å². The minimum absolute atomic E-state index is 0.0119. The first kappa shape index (κ1) is 20.0. The van der Waals surface area contributed by atoms with Crippen LogP contribution in [-0.4, -0.2) is 41.3 Å². The van der Waals surface area contributed by atoms with Crippen molar-refractivity contribution in [3.63, 3.8) is 0 Å². The fourth-order valence-corrected chi connectivity index (χ4v) is 3.61. The number of hydrogen-bond acceptors (Lipinski definition) is 4. The lowest BCUT2D eigenvalue weighted by Gasteiger charge is -2.30. The van der Waals surface area contributed by atoms with E-state index in [0.717, 1.165) is 40.6 Å². The van der Waals surface area contributed by atoms with Crippen LogP contribution in [0.1, 0.15) is 12.8 Å². The summed E-state index contributed by atoms with van der Waals surface area (Å²) in [4.78, 5) is 30.9. The molecule has 2 aromatic rings. The summed E-state index contributed by atoms with van der Waals surface area (Å²) in [6, 6.07) is 11.1. The summed E-state index contributed by atoms with van der Waals surface area (Å²) in [5.74, 6) is 0.433. The predicted octanol–water partition coefficient (Wildman–Crippen LogP) is 3.90. The zero-order valence-corrected chi connectivity index (χ0v) is 17.8. The molecule has 1 aliphatic heterocycles. The molecule has 0 radical (unpaired) electrons. The van der Waals surface area contributed by atoms with Crippen LogP contribution in [-0.2, 0) is 9.59 Å². The van der Waals surface area contributed by atoms with Gasteiger partial charge in [-0.3, -0.25) is 14.5 Å². The number of pyridine rings is 1. The van der Waals surface area contributed by atoms with Crippen LogP contribution in [0.2, 0.25) is 0 Å². The summed E-state index contributed by atoms with van der Waals surface area (Å²) in [6.45, 7) is 1.76. The molecule has 1 saturated heterocycles. The molecule has 2 heterocycles. The standard InChI is InChI=1S/C19H20Br2N4O2/c20-14-5-6-17(22-11-14)24-19(27)13-7-9-25(10-8-13)12-18(26)23-16-4-2-1-3-15(16)21/h1-6,11,13H,7-10,12H2,(H,23,26)(H,22,24,27). The van der Waals surface area contributed by atoms with Crippen molar-refractivity contribution in [3.05, 3.63) is 51.5 Å². The molecular weight excluding hydrogens is 476 g/mol. The highest BCUT2D eigenvalue weighted by Crippen LogP contribution is 2.22. The molecule has 142 valence electrons. The third-order valence-corrected chi connectivity index (χ3v) is 5.61. The number of nitrogens with one attached hydrogen (secondary N) is 2. The summed E-state index contributed by atoms with van der Waals surface area (Å²) >= 11 is 6.75. The Hall–Kier alpha value is -1.77. The van der Waals surface area contributed by atoms with Crippen molar-refractivity contribution in [2.75, 3.05) is 30.3 Å². The van der Waals surface area contributed by atoms with Crippen LogP contribution in [0, 0.1) is 5.92 Å². The van der Waals surface area contributed by atoms with Crippen molar-refractivity contribution in [1.82, 2.24) is 9.88 Å². The zero-order chi connectivity index (χ0) is 19.2. The molecule has 3 rings (SSSR count). The molecular formula is C19H20Br2N4O2. The van der Waals surface area contributed by atoms with Crippen molar-refractivity contribution in [3.8, 4) is 0 Å². The highest BCUT2D eigenvalue weighted by Gasteiger charge is 2.26. The Labute approximate surface area is 175 Å². The molecule has 1 fully saturated rings. The first-order valence-corrected chi connectivity index (χ1v) is 10.3. The molecule has 0 bridgehead atoms. The van der Waals surface area contributed by atoms with Crippen LogP contribution in [0.15, 0.2) is 51.5 Å². The summed E-state index contributed by atoms with van der Waals surface area (Å²) in [5.41, 5.74) is 0.763. The second kappa shape index (κ2) is 9.43. The highest BCUT2D eigenvalue weighted by molar-refractivity contribution is 9.10. The van der Waals surface area contributed by atoms with E-state index in [4.69, 9.17) is 0 Å². The average molecular weight is 496 g/mol. The third-order valence-electron chi connectivity index (χ3n) is 4.45. The van der Waals surface area contributed by atoms with Gasteiger partial charge < -0.3 is 10.6 Å². The number of hydrogen-bond donors (Lipinski definition) is 2. The van der Waals surface area contributed by atoms with Crippen LogP contribution >= 0.6 is 31.9 Å². The Kier molecular flexibility index (Phi) is 6.98. The highest BCUT2D eigenvalue weighted by atomic mass is 79.9. The first-order valence-electron chi connectivity index (χ1n) is 8.70. The van der Waals surface area contributed by atoms with Gasteiger partial charge in [0.15, 0.2) is 0 Å². The Morgan fingerprint density at radius 1 is 1.07 bits per heavy atom. The fraction of sp³-hybridized carbons (Fsp3) is 0.316. The lowest BCUT2D eigenvalue weighted by molar-refractivity contribution is -0.121. The SMILES string of the molecule is O=C(CN1CCC(C(=O)Nc2ccc(Br)cn2)CC1)Nc1ccccc1Br. The van der Waals surface area contributed by atoms with Crippen LogP contribution in [0.4, 0.5) is 11.5 Å². The summed E-state index contributed by atoms with van der Waals surface area (Å²) in [5, 5.41) is 5.77. The molecule has 2 amide bonds. The Morgan fingerprint density at radius 3 is 2.48 bits per heavy atom. The maximum atomic E-state index is 12.4. The number of rotatable bonds is 5. The normalized spacial score (nSPS) is 15.3. The van der Waals surface area contributed by atoms with E-state index in [-0.39, 0.29) is 17.7 Å². The monoisotopic (exact) mass is 494 g/mol. The molecule has 0 spiro atoms. The molecule has 0 atom stereocenters. The number of carbonyl (C=O) groups is 2. The van der Waals surface area contributed by atoms with E-state index >= 15 is 0 Å². The summed E-state index contributed by atoms with van der Waals surface area (Å²) in [6.07, 6.45) is 3.11. The zero-order valence-electron chi connectivity index (χ0n) is 14.6. The fourth-order valence-electron chi connectivity index (χ4n) is 2.99. The van der Waals surface area contributed by atoms with Crippen molar-refractivity contribution in [2.24, 2.45) is 5.92 Å². The number of benzene rings is 1. The number of carbonyl (C=O) groups excluding carboxylic acids is 2. The van der Waals surface area contributed by atoms with Gasteiger partial charge in [0.1, 0.15) is 5.82 Å². The Morgan fingerprint density at radius 2 is 1.81 bits per heavy atom. The van der Waals surface area contributed by atoms with Crippen LogP contribution in [0.3, 0.4) is 0 Å². The van der Waals surface area contributed by atoms with E-state index in [1.807, 2.05) is 30.3 Å². The van der Waals surface area contributed by atoms with Gasteiger partial charge in [-0.15, -0.1) is 0 Å². The smallest absolute Gasteiger partial charge is 0.238 e. The van der Waals surface area contributed by atoms with E-state index in [2.05, 4.69) is 52.4 Å². The third kappa shape index (κ3) is 5.85. The first-order chi connectivity index (χ1) is 13.0. The number of para-hydroxylation sites is 1. The van der Waals surface area contributed by atoms with E-state index in [1.165, 1.54) is 0 Å². The van der Waals surface area contributed by atoms with Crippen molar-refractivity contribution in [2.45, 2.75) is 12.8 Å². The van der Waals surface area contributed by atoms with Crippen molar-refractivity contribution >= 4 is 55.2 Å². The topological polar surface area (TPSA) is 74.3 Å². The van der Waals surface area contributed by atoms with E-state index < -0.39 is 0 Å². The van der Waals surface area contributed by atoms with Gasteiger partial charge in [0.05, 0.1) is 12.2 Å². The largest absolute Gasteiger partial charge is 0.324 e. The number of amides is 2. The number of nitrogens with zero attached hydrogens (tertiary/aromatic N) is 2. The molecule has 1 aromatic heterocycles. The van der Waals surface area contributed by atoms with Gasteiger partial charge in [-0.05, 0) is 82.1 Å². The maximum Gasteiger partial charge on any atom is 0.238 e.